The average molecular weight is 500 g/mol. The lowest BCUT2D eigenvalue weighted by atomic mass is 10.1. The second-order valence-electron chi connectivity index (χ2n) is 7.63. The van der Waals surface area contributed by atoms with Crippen molar-refractivity contribution in [1.29, 1.82) is 0 Å². The Kier molecular flexibility index (Phi) is 11.4. The Labute approximate surface area is 208 Å². The Morgan fingerprint density at radius 2 is 1.31 bits per heavy atom. The van der Waals surface area contributed by atoms with Gasteiger partial charge in [0.05, 0.1) is 13.5 Å². The number of amides is 3. The largest absolute Gasteiger partial charge is 0.468 e. The fraction of sp³-hybridized carbons (Fsp3) is 0.320. The molecule has 0 unspecified atom stereocenters. The molecule has 0 aromatic heterocycles. The summed E-state index contributed by atoms with van der Waals surface area (Å²) in [5.41, 5.74) is 1.48. The molecule has 2 aromatic carbocycles. The van der Waals surface area contributed by atoms with E-state index in [2.05, 4.69) is 20.7 Å². The van der Waals surface area contributed by atoms with E-state index in [4.69, 9.17) is 9.47 Å². The molecular weight excluding hydrogens is 470 g/mol. The highest BCUT2D eigenvalue weighted by Crippen LogP contribution is 2.05. The number of carbonyl (C=O) groups excluding carboxylic acids is 5. The molecule has 0 saturated heterocycles. The maximum absolute atomic E-state index is 12.8. The van der Waals surface area contributed by atoms with Gasteiger partial charge in [-0.05, 0) is 18.1 Å². The van der Waals surface area contributed by atoms with Crippen LogP contribution in [0.25, 0.3) is 0 Å². The highest BCUT2D eigenvalue weighted by Gasteiger charge is 2.28. The van der Waals surface area contributed by atoms with Crippen LogP contribution in [0.15, 0.2) is 60.7 Å². The summed E-state index contributed by atoms with van der Waals surface area (Å²) < 4.78 is 14.8. The van der Waals surface area contributed by atoms with Crippen LogP contribution < -0.4 is 16.0 Å². The van der Waals surface area contributed by atoms with Crippen molar-refractivity contribution in [3.05, 3.63) is 71.8 Å². The van der Waals surface area contributed by atoms with Crippen molar-refractivity contribution in [2.24, 2.45) is 0 Å². The number of carbonyl (C=O) groups is 5. The fourth-order valence-electron chi connectivity index (χ4n) is 2.84. The smallest absolute Gasteiger partial charge is 0.408 e. The molecule has 11 heteroatoms. The maximum atomic E-state index is 12.8. The van der Waals surface area contributed by atoms with E-state index in [0.29, 0.717) is 0 Å². The Balaban J connectivity index is 1.98. The first-order valence-electron chi connectivity index (χ1n) is 11.1. The molecule has 0 aliphatic rings. The van der Waals surface area contributed by atoms with Crippen molar-refractivity contribution in [1.82, 2.24) is 16.0 Å². The fourth-order valence-corrected chi connectivity index (χ4v) is 2.84. The number of hydrogen-bond donors (Lipinski definition) is 3. The third kappa shape index (κ3) is 10.2. The van der Waals surface area contributed by atoms with Gasteiger partial charge in [-0.15, -0.1) is 0 Å². The Morgan fingerprint density at radius 1 is 0.750 bits per heavy atom. The summed E-state index contributed by atoms with van der Waals surface area (Å²) >= 11 is 0. The summed E-state index contributed by atoms with van der Waals surface area (Å²) in [5.74, 6) is -2.89. The molecule has 2 rings (SSSR count). The van der Waals surface area contributed by atoms with E-state index < -0.39 is 48.4 Å². The molecule has 0 spiro atoms. The summed E-state index contributed by atoms with van der Waals surface area (Å²) in [6, 6.07) is 15.4. The zero-order chi connectivity index (χ0) is 26.3. The van der Waals surface area contributed by atoms with Gasteiger partial charge in [-0.3, -0.25) is 19.2 Å². The van der Waals surface area contributed by atoms with E-state index in [1.165, 1.54) is 14.0 Å². The number of esters is 2. The minimum absolute atomic E-state index is 0.0151. The van der Waals surface area contributed by atoms with E-state index in [1.807, 2.05) is 12.1 Å². The molecule has 36 heavy (non-hydrogen) atoms. The number of rotatable bonds is 12. The monoisotopic (exact) mass is 499 g/mol. The molecule has 0 aliphatic heterocycles. The lowest BCUT2D eigenvalue weighted by Gasteiger charge is -2.20. The van der Waals surface area contributed by atoms with Crippen molar-refractivity contribution in [3.8, 4) is 0 Å². The molecule has 2 atom stereocenters. The van der Waals surface area contributed by atoms with Gasteiger partial charge in [-0.1, -0.05) is 60.7 Å². The van der Waals surface area contributed by atoms with Crippen LogP contribution in [-0.2, 0) is 46.6 Å². The van der Waals surface area contributed by atoms with E-state index in [0.717, 1.165) is 11.1 Å². The average Bonchev–Trinajstić information content (AvgIpc) is 2.89. The van der Waals surface area contributed by atoms with Gasteiger partial charge in [-0.25, -0.2) is 4.79 Å². The molecular formula is C25H29N3O8. The van der Waals surface area contributed by atoms with Crippen molar-refractivity contribution in [3.63, 3.8) is 0 Å². The number of hydrogen-bond acceptors (Lipinski definition) is 8. The van der Waals surface area contributed by atoms with E-state index in [-0.39, 0.29) is 19.8 Å². The lowest BCUT2D eigenvalue weighted by molar-refractivity contribution is -0.147. The van der Waals surface area contributed by atoms with Gasteiger partial charge >= 0.3 is 18.0 Å². The lowest BCUT2D eigenvalue weighted by Crippen LogP contribution is -2.53. The first kappa shape index (κ1) is 27.8. The molecule has 0 radical (unpaired) electrons. The predicted molar refractivity (Wildman–Crippen MR) is 127 cm³/mol. The van der Waals surface area contributed by atoms with Crippen LogP contribution in [0.5, 0.6) is 0 Å². The van der Waals surface area contributed by atoms with Crippen LogP contribution in [0.2, 0.25) is 0 Å². The molecule has 3 N–H and O–H groups in total. The summed E-state index contributed by atoms with van der Waals surface area (Å²) in [7, 11) is 1.17. The third-order valence-corrected chi connectivity index (χ3v) is 4.82. The second kappa shape index (κ2) is 14.8. The van der Waals surface area contributed by atoms with Gasteiger partial charge in [0.2, 0.25) is 11.8 Å². The summed E-state index contributed by atoms with van der Waals surface area (Å²) in [5, 5.41) is 7.04. The first-order valence-corrected chi connectivity index (χ1v) is 11.1. The van der Waals surface area contributed by atoms with Gasteiger partial charge in [-0.2, -0.15) is 0 Å². The SMILES string of the molecule is COC(=O)CNC(=O)[C@H](C)NC(=O)[C@H](CC(=O)OCc1ccccc1)NC(=O)OCc1ccccc1. The van der Waals surface area contributed by atoms with E-state index in [9.17, 15) is 24.0 Å². The van der Waals surface area contributed by atoms with E-state index in [1.54, 1.807) is 48.5 Å². The zero-order valence-corrected chi connectivity index (χ0v) is 20.0. The summed E-state index contributed by atoms with van der Waals surface area (Å²) in [6.45, 7) is 0.933. The van der Waals surface area contributed by atoms with Crippen molar-refractivity contribution in [2.45, 2.75) is 38.6 Å². The van der Waals surface area contributed by atoms with Crippen LogP contribution in [-0.4, -0.2) is 55.6 Å². The molecule has 0 fully saturated rings. The molecule has 0 heterocycles. The highest BCUT2D eigenvalue weighted by atomic mass is 16.6. The summed E-state index contributed by atoms with van der Waals surface area (Å²) in [4.78, 5) is 60.9. The van der Waals surface area contributed by atoms with Gasteiger partial charge in [0, 0.05) is 0 Å². The van der Waals surface area contributed by atoms with Crippen LogP contribution in [0.1, 0.15) is 24.5 Å². The number of ether oxygens (including phenoxy) is 3. The topological polar surface area (TPSA) is 149 Å². The quantitative estimate of drug-likeness (QED) is 0.291. The third-order valence-electron chi connectivity index (χ3n) is 4.82. The normalized spacial score (nSPS) is 11.8. The molecule has 0 aliphatic carbocycles. The minimum atomic E-state index is -1.38. The Hall–Kier alpha value is -4.41. The van der Waals surface area contributed by atoms with Crippen molar-refractivity contribution in [2.75, 3.05) is 13.7 Å². The molecule has 11 nitrogen and oxygen atoms in total. The molecule has 0 saturated carbocycles. The molecule has 3 amide bonds. The van der Waals surface area contributed by atoms with Crippen LogP contribution >= 0.6 is 0 Å². The zero-order valence-electron chi connectivity index (χ0n) is 20.0. The number of methoxy groups -OCH3 is 1. The van der Waals surface area contributed by atoms with Gasteiger partial charge < -0.3 is 30.2 Å². The highest BCUT2D eigenvalue weighted by molar-refractivity contribution is 5.94. The van der Waals surface area contributed by atoms with Gasteiger partial charge in [0.1, 0.15) is 31.8 Å². The van der Waals surface area contributed by atoms with E-state index >= 15 is 0 Å². The first-order chi connectivity index (χ1) is 17.3. The summed E-state index contributed by atoms with van der Waals surface area (Å²) in [6.07, 6.45) is -1.44. The molecule has 2 aromatic rings. The Bertz CT molecular complexity index is 973. The number of alkyl carbamates (subject to hydrolysis) is 1. The van der Waals surface area contributed by atoms with Crippen molar-refractivity contribution < 1.29 is 38.2 Å². The maximum Gasteiger partial charge on any atom is 0.408 e. The second-order valence-corrected chi connectivity index (χ2v) is 7.63. The molecule has 0 bridgehead atoms. The van der Waals surface area contributed by atoms with Crippen molar-refractivity contribution >= 4 is 29.8 Å². The van der Waals surface area contributed by atoms with Crippen LogP contribution in [0.3, 0.4) is 0 Å². The molecule has 192 valence electrons. The van der Waals surface area contributed by atoms with Crippen LogP contribution in [0, 0.1) is 0 Å². The van der Waals surface area contributed by atoms with Gasteiger partial charge in [0.15, 0.2) is 0 Å². The Morgan fingerprint density at radius 3 is 1.86 bits per heavy atom. The van der Waals surface area contributed by atoms with Crippen LogP contribution in [0.4, 0.5) is 4.79 Å². The number of benzene rings is 2. The predicted octanol–water partition coefficient (Wildman–Crippen LogP) is 1.21. The minimum Gasteiger partial charge on any atom is -0.468 e. The standard InChI is InChI=1S/C25H29N3O8/c1-17(23(31)26-14-22(30)34-2)27-24(32)20(13-21(29)35-15-18-9-5-3-6-10-18)28-25(33)36-16-19-11-7-4-8-12-19/h3-12,17,20H,13-16H2,1-2H3,(H,26,31)(H,27,32)(H,28,33)/t17-,20-/m0/s1. The number of nitrogens with one attached hydrogen (secondary N) is 3. The van der Waals surface area contributed by atoms with Gasteiger partial charge in [0.25, 0.3) is 0 Å².